The molecule has 1 N–H and O–H groups in total. The highest BCUT2D eigenvalue weighted by Crippen LogP contribution is 2.31. The number of thiophene rings is 1. The predicted molar refractivity (Wildman–Crippen MR) is 54.6 cm³/mol. The van der Waals surface area contributed by atoms with Gasteiger partial charge in [-0.05, 0) is 12.1 Å². The highest BCUT2D eigenvalue weighted by molar-refractivity contribution is 7.18. The van der Waals surface area contributed by atoms with Crippen molar-refractivity contribution in [3.05, 3.63) is 22.9 Å². The van der Waals surface area contributed by atoms with Gasteiger partial charge in [-0.3, -0.25) is 4.79 Å². The average molecular weight is 292 g/mol. The lowest BCUT2D eigenvalue weighted by Gasteiger charge is -1.95. The Morgan fingerprint density at radius 3 is 2.53 bits per heavy atom. The van der Waals surface area contributed by atoms with Crippen molar-refractivity contribution in [2.75, 3.05) is 0 Å². The molecule has 0 aliphatic rings. The van der Waals surface area contributed by atoms with Crippen LogP contribution in [-0.2, 0) is 11.0 Å². The number of halogens is 3. The van der Waals surface area contributed by atoms with Crippen LogP contribution in [0.2, 0.25) is 0 Å². The van der Waals surface area contributed by atoms with Crippen LogP contribution >= 0.6 is 11.3 Å². The molecule has 0 fully saturated rings. The number of carbonyl (C=O) groups excluding carboxylic acids is 1. The standard InChI is InChI=1S/C9H3F3N2O4S/c10-9(11,12)8-13-6(14-18-8)4-2-1-3(19-4)5(15)7(16)17/h1-2H,(H,16,17). The van der Waals surface area contributed by atoms with Gasteiger partial charge in [0.15, 0.2) is 0 Å². The van der Waals surface area contributed by atoms with E-state index in [0.29, 0.717) is 11.3 Å². The summed E-state index contributed by atoms with van der Waals surface area (Å²) in [5.74, 6) is -4.68. The first-order valence-corrected chi connectivity index (χ1v) is 5.39. The molecule has 2 aromatic rings. The molecule has 0 saturated carbocycles. The van der Waals surface area contributed by atoms with E-state index < -0.39 is 23.8 Å². The fraction of sp³-hybridized carbons (Fsp3) is 0.111. The summed E-state index contributed by atoms with van der Waals surface area (Å²) in [7, 11) is 0. The minimum absolute atomic E-state index is 0.101. The number of rotatable bonds is 3. The summed E-state index contributed by atoms with van der Waals surface area (Å²) >= 11 is 0.664. The van der Waals surface area contributed by atoms with Gasteiger partial charge in [0.05, 0.1) is 9.75 Å². The molecule has 6 nitrogen and oxygen atoms in total. The molecule has 100 valence electrons. The van der Waals surface area contributed by atoms with Crippen molar-refractivity contribution in [3.63, 3.8) is 0 Å². The van der Waals surface area contributed by atoms with Crippen molar-refractivity contribution in [2.24, 2.45) is 0 Å². The van der Waals surface area contributed by atoms with Crippen LogP contribution in [-0.4, -0.2) is 27.0 Å². The summed E-state index contributed by atoms with van der Waals surface area (Å²) in [6.07, 6.45) is -4.76. The van der Waals surface area contributed by atoms with Crippen LogP contribution in [0.3, 0.4) is 0 Å². The monoisotopic (exact) mass is 292 g/mol. The van der Waals surface area contributed by atoms with E-state index in [1.807, 2.05) is 0 Å². The molecule has 2 aromatic heterocycles. The average Bonchev–Trinajstić information content (AvgIpc) is 2.95. The van der Waals surface area contributed by atoms with E-state index in [-0.39, 0.29) is 15.6 Å². The molecule has 0 radical (unpaired) electrons. The molecule has 10 heteroatoms. The van der Waals surface area contributed by atoms with Crippen LogP contribution in [0.25, 0.3) is 10.7 Å². The Morgan fingerprint density at radius 2 is 2.00 bits per heavy atom. The number of hydrogen-bond acceptors (Lipinski definition) is 6. The Kier molecular flexibility index (Phi) is 3.10. The first-order valence-electron chi connectivity index (χ1n) is 4.58. The minimum atomic E-state index is -4.76. The predicted octanol–water partition coefficient (Wildman–Crippen LogP) is 2.08. The number of nitrogens with zero attached hydrogens (tertiary/aromatic N) is 2. The Morgan fingerprint density at radius 1 is 1.32 bits per heavy atom. The minimum Gasteiger partial charge on any atom is -0.475 e. The normalized spacial score (nSPS) is 11.5. The summed E-state index contributed by atoms with van der Waals surface area (Å²) in [5, 5.41) is 11.6. The molecular formula is C9H3F3N2O4S. The Bertz CT molecular complexity index is 646. The zero-order valence-electron chi connectivity index (χ0n) is 8.76. The molecule has 0 atom stereocenters. The van der Waals surface area contributed by atoms with Gasteiger partial charge in [-0.25, -0.2) is 4.79 Å². The summed E-state index contributed by atoms with van der Waals surface area (Å²) in [6.45, 7) is 0. The fourth-order valence-corrected chi connectivity index (χ4v) is 1.99. The molecule has 0 amide bonds. The molecule has 0 bridgehead atoms. The number of carboxylic acid groups (broad SMARTS) is 1. The van der Waals surface area contributed by atoms with Crippen molar-refractivity contribution < 1.29 is 32.4 Å². The number of alkyl halides is 3. The Balaban J connectivity index is 2.31. The number of Topliss-reactive ketones (excluding diaryl/α,β-unsaturated/α-hetero) is 1. The molecule has 0 spiro atoms. The van der Waals surface area contributed by atoms with E-state index in [9.17, 15) is 22.8 Å². The Hall–Kier alpha value is -2.23. The second kappa shape index (κ2) is 4.46. The maximum Gasteiger partial charge on any atom is 0.471 e. The fourth-order valence-electron chi connectivity index (χ4n) is 1.12. The van der Waals surface area contributed by atoms with Gasteiger partial charge in [0.25, 0.3) is 5.78 Å². The molecule has 0 aromatic carbocycles. The van der Waals surface area contributed by atoms with Crippen LogP contribution < -0.4 is 0 Å². The van der Waals surface area contributed by atoms with Gasteiger partial charge in [0, 0.05) is 0 Å². The molecule has 0 saturated heterocycles. The van der Waals surface area contributed by atoms with E-state index in [2.05, 4.69) is 14.7 Å². The quantitative estimate of drug-likeness (QED) is 0.687. The van der Waals surface area contributed by atoms with Gasteiger partial charge in [0.1, 0.15) is 0 Å². The number of aliphatic carboxylic acids is 1. The maximum absolute atomic E-state index is 12.2. The second-order valence-corrected chi connectivity index (χ2v) is 4.30. The summed E-state index contributed by atoms with van der Waals surface area (Å²) < 4.78 is 40.7. The highest BCUT2D eigenvalue weighted by atomic mass is 32.1. The highest BCUT2D eigenvalue weighted by Gasteiger charge is 2.38. The van der Waals surface area contributed by atoms with Crippen LogP contribution in [0.5, 0.6) is 0 Å². The molecule has 0 aliphatic heterocycles. The summed E-state index contributed by atoms with van der Waals surface area (Å²) in [5.41, 5.74) is 0. The van der Waals surface area contributed by atoms with Crippen LogP contribution in [0, 0.1) is 0 Å². The lowest BCUT2D eigenvalue weighted by molar-refractivity contribution is -0.159. The first kappa shape index (κ1) is 13.2. The third-order valence-electron chi connectivity index (χ3n) is 1.91. The van der Waals surface area contributed by atoms with E-state index in [1.165, 1.54) is 12.1 Å². The van der Waals surface area contributed by atoms with Crippen LogP contribution in [0.15, 0.2) is 16.7 Å². The van der Waals surface area contributed by atoms with E-state index in [4.69, 9.17) is 5.11 Å². The topological polar surface area (TPSA) is 93.3 Å². The first-order chi connectivity index (χ1) is 8.79. The van der Waals surface area contributed by atoms with Crippen molar-refractivity contribution in [1.82, 2.24) is 10.1 Å². The number of carbonyl (C=O) groups is 2. The third kappa shape index (κ3) is 2.62. The largest absolute Gasteiger partial charge is 0.475 e. The second-order valence-electron chi connectivity index (χ2n) is 3.22. The zero-order valence-corrected chi connectivity index (χ0v) is 9.58. The smallest absolute Gasteiger partial charge is 0.471 e. The number of ketones is 1. The van der Waals surface area contributed by atoms with Crippen LogP contribution in [0.1, 0.15) is 15.6 Å². The molecule has 0 unspecified atom stereocenters. The van der Waals surface area contributed by atoms with Gasteiger partial charge < -0.3 is 9.63 Å². The summed E-state index contributed by atoms with van der Waals surface area (Å²) in [6, 6.07) is 2.41. The number of aromatic nitrogens is 2. The van der Waals surface area contributed by atoms with Crippen molar-refractivity contribution in [1.29, 1.82) is 0 Å². The van der Waals surface area contributed by atoms with Gasteiger partial charge in [-0.2, -0.15) is 18.2 Å². The third-order valence-corrected chi connectivity index (χ3v) is 2.99. The van der Waals surface area contributed by atoms with Gasteiger partial charge in [0.2, 0.25) is 5.82 Å². The molecular weight excluding hydrogens is 289 g/mol. The van der Waals surface area contributed by atoms with E-state index in [0.717, 1.165) is 0 Å². The Labute approximate surface area is 106 Å². The number of carboxylic acids is 1. The molecule has 0 aliphatic carbocycles. The zero-order chi connectivity index (χ0) is 14.2. The molecule has 2 heterocycles. The van der Waals surface area contributed by atoms with E-state index in [1.54, 1.807) is 0 Å². The van der Waals surface area contributed by atoms with Crippen molar-refractivity contribution in [2.45, 2.75) is 6.18 Å². The lowest BCUT2D eigenvalue weighted by atomic mass is 10.3. The molecule has 19 heavy (non-hydrogen) atoms. The molecule has 2 rings (SSSR count). The van der Waals surface area contributed by atoms with Crippen molar-refractivity contribution in [3.8, 4) is 10.7 Å². The van der Waals surface area contributed by atoms with Gasteiger partial charge >= 0.3 is 18.0 Å². The lowest BCUT2D eigenvalue weighted by Crippen LogP contribution is -2.10. The van der Waals surface area contributed by atoms with Crippen molar-refractivity contribution >= 4 is 23.1 Å². The maximum atomic E-state index is 12.2. The number of hydrogen-bond donors (Lipinski definition) is 1. The summed E-state index contributed by atoms with van der Waals surface area (Å²) in [4.78, 5) is 24.6. The van der Waals surface area contributed by atoms with E-state index >= 15 is 0 Å². The SMILES string of the molecule is O=C(O)C(=O)c1ccc(-c2noc(C(F)(F)F)n2)s1. The van der Waals surface area contributed by atoms with Crippen LogP contribution in [0.4, 0.5) is 13.2 Å². The van der Waals surface area contributed by atoms with Gasteiger partial charge in [-0.1, -0.05) is 5.16 Å². The van der Waals surface area contributed by atoms with Gasteiger partial charge in [-0.15, -0.1) is 11.3 Å².